The Balaban J connectivity index is 1.62. The summed E-state index contributed by atoms with van der Waals surface area (Å²) in [7, 11) is -1.33. The van der Waals surface area contributed by atoms with Crippen molar-refractivity contribution in [3.05, 3.63) is 23.7 Å². The molecule has 1 aromatic rings. The lowest BCUT2D eigenvalue weighted by molar-refractivity contribution is 0.0374. The first-order chi connectivity index (χ1) is 10.5. The SMILES string of the molecule is C[Si](C)(C)C#Cc1ccc(CNCCCN2CCOCC2)o1. The van der Waals surface area contributed by atoms with Crippen LogP contribution in [-0.2, 0) is 11.3 Å². The molecule has 4 nitrogen and oxygen atoms in total. The molecule has 2 heterocycles. The van der Waals surface area contributed by atoms with Crippen molar-refractivity contribution in [2.24, 2.45) is 0 Å². The minimum Gasteiger partial charge on any atom is -0.451 e. The third-order valence-corrected chi connectivity index (χ3v) is 4.33. The van der Waals surface area contributed by atoms with E-state index in [-0.39, 0.29) is 0 Å². The maximum atomic E-state index is 5.73. The number of nitrogens with zero attached hydrogens (tertiary/aromatic N) is 1. The molecule has 0 unspecified atom stereocenters. The lowest BCUT2D eigenvalue weighted by Crippen LogP contribution is -2.37. The van der Waals surface area contributed by atoms with E-state index < -0.39 is 8.07 Å². The number of hydrogen-bond acceptors (Lipinski definition) is 4. The van der Waals surface area contributed by atoms with Crippen LogP contribution in [0.2, 0.25) is 19.6 Å². The van der Waals surface area contributed by atoms with E-state index in [1.54, 1.807) is 0 Å². The summed E-state index contributed by atoms with van der Waals surface area (Å²) < 4.78 is 11.1. The van der Waals surface area contributed by atoms with Crippen molar-refractivity contribution in [2.45, 2.75) is 32.6 Å². The first kappa shape index (κ1) is 17.3. The van der Waals surface area contributed by atoms with Gasteiger partial charge in [0.1, 0.15) is 13.8 Å². The van der Waals surface area contributed by atoms with Gasteiger partial charge in [0.25, 0.3) is 0 Å². The van der Waals surface area contributed by atoms with Crippen LogP contribution in [0.5, 0.6) is 0 Å². The highest BCUT2D eigenvalue weighted by Crippen LogP contribution is 2.07. The van der Waals surface area contributed by atoms with Crippen molar-refractivity contribution in [2.75, 3.05) is 39.4 Å². The zero-order valence-corrected chi connectivity index (χ0v) is 15.1. The average Bonchev–Trinajstić information content (AvgIpc) is 2.93. The van der Waals surface area contributed by atoms with Crippen molar-refractivity contribution in [3.8, 4) is 11.5 Å². The van der Waals surface area contributed by atoms with Crippen molar-refractivity contribution >= 4 is 8.07 Å². The van der Waals surface area contributed by atoms with Gasteiger partial charge in [-0.3, -0.25) is 4.90 Å². The van der Waals surface area contributed by atoms with Crippen LogP contribution >= 0.6 is 0 Å². The molecule has 1 N–H and O–H groups in total. The van der Waals surface area contributed by atoms with Crippen molar-refractivity contribution in [1.29, 1.82) is 0 Å². The van der Waals surface area contributed by atoms with Gasteiger partial charge in [-0.1, -0.05) is 19.6 Å². The Morgan fingerprint density at radius 3 is 2.73 bits per heavy atom. The molecule has 0 aliphatic carbocycles. The molecule has 0 atom stereocenters. The molecule has 1 aromatic heterocycles. The van der Waals surface area contributed by atoms with Gasteiger partial charge in [0.15, 0.2) is 5.76 Å². The molecule has 1 saturated heterocycles. The van der Waals surface area contributed by atoms with Crippen LogP contribution in [0.1, 0.15) is 17.9 Å². The van der Waals surface area contributed by atoms with E-state index in [4.69, 9.17) is 9.15 Å². The molecular weight excluding hydrogens is 292 g/mol. The van der Waals surface area contributed by atoms with Crippen LogP contribution in [-0.4, -0.2) is 52.4 Å². The Morgan fingerprint density at radius 1 is 1.23 bits per heavy atom. The van der Waals surface area contributed by atoms with Crippen LogP contribution in [0.15, 0.2) is 16.5 Å². The third kappa shape index (κ3) is 6.80. The smallest absolute Gasteiger partial charge is 0.176 e. The van der Waals surface area contributed by atoms with E-state index in [1.165, 1.54) is 0 Å². The molecule has 22 heavy (non-hydrogen) atoms. The van der Waals surface area contributed by atoms with E-state index in [2.05, 4.69) is 41.3 Å². The Bertz CT molecular complexity index is 505. The minimum atomic E-state index is -1.33. The summed E-state index contributed by atoms with van der Waals surface area (Å²) in [4.78, 5) is 2.46. The Kier molecular flexibility index (Phi) is 6.71. The second kappa shape index (κ2) is 8.54. The minimum absolute atomic E-state index is 0.776. The van der Waals surface area contributed by atoms with Crippen LogP contribution in [0.4, 0.5) is 0 Å². The summed E-state index contributed by atoms with van der Waals surface area (Å²) in [5.41, 5.74) is 3.32. The first-order valence-corrected chi connectivity index (χ1v) is 11.7. The van der Waals surface area contributed by atoms with E-state index in [1.807, 2.05) is 12.1 Å². The van der Waals surface area contributed by atoms with Crippen molar-refractivity contribution in [3.63, 3.8) is 0 Å². The van der Waals surface area contributed by atoms with Gasteiger partial charge in [-0.15, -0.1) is 5.54 Å². The highest BCUT2D eigenvalue weighted by molar-refractivity contribution is 6.83. The molecule has 0 aromatic carbocycles. The summed E-state index contributed by atoms with van der Waals surface area (Å²) in [5.74, 6) is 4.90. The normalized spacial score (nSPS) is 16.3. The number of ether oxygens (including phenoxy) is 1. The molecule has 5 heteroatoms. The molecule has 1 aliphatic heterocycles. The first-order valence-electron chi connectivity index (χ1n) is 8.16. The molecule has 0 spiro atoms. The molecule has 122 valence electrons. The monoisotopic (exact) mass is 320 g/mol. The Hall–Kier alpha value is -1.06. The number of nitrogens with one attached hydrogen (secondary N) is 1. The predicted octanol–water partition coefficient (Wildman–Crippen LogP) is 2.32. The van der Waals surface area contributed by atoms with Gasteiger partial charge < -0.3 is 14.5 Å². The number of rotatable bonds is 6. The lowest BCUT2D eigenvalue weighted by Gasteiger charge is -2.26. The summed E-state index contributed by atoms with van der Waals surface area (Å²) in [6.07, 6.45) is 1.16. The summed E-state index contributed by atoms with van der Waals surface area (Å²) >= 11 is 0. The molecule has 1 fully saturated rings. The van der Waals surface area contributed by atoms with E-state index in [0.29, 0.717) is 0 Å². The third-order valence-electron chi connectivity index (χ3n) is 3.45. The molecule has 0 saturated carbocycles. The topological polar surface area (TPSA) is 37.6 Å². The van der Waals surface area contributed by atoms with Gasteiger partial charge in [0.05, 0.1) is 19.8 Å². The fourth-order valence-electron chi connectivity index (χ4n) is 2.25. The van der Waals surface area contributed by atoms with Crippen LogP contribution < -0.4 is 5.32 Å². The van der Waals surface area contributed by atoms with Crippen LogP contribution in [0, 0.1) is 11.5 Å². The van der Waals surface area contributed by atoms with Crippen molar-refractivity contribution < 1.29 is 9.15 Å². The van der Waals surface area contributed by atoms with Gasteiger partial charge in [0, 0.05) is 13.1 Å². The lowest BCUT2D eigenvalue weighted by atomic mass is 10.3. The fraction of sp³-hybridized carbons (Fsp3) is 0.647. The number of furan rings is 1. The molecule has 0 bridgehead atoms. The second-order valence-electron chi connectivity index (χ2n) is 6.75. The second-order valence-corrected chi connectivity index (χ2v) is 11.5. The fourth-order valence-corrected chi connectivity index (χ4v) is 2.75. The maximum Gasteiger partial charge on any atom is 0.176 e. The molecule has 1 aliphatic rings. The zero-order chi connectivity index (χ0) is 15.8. The molecular formula is C17H28N2O2Si. The Morgan fingerprint density at radius 2 is 2.00 bits per heavy atom. The molecule has 2 rings (SSSR count). The van der Waals surface area contributed by atoms with E-state index in [0.717, 1.165) is 63.9 Å². The Labute approximate surface area is 135 Å². The molecule has 0 radical (unpaired) electrons. The summed E-state index contributed by atoms with van der Waals surface area (Å²) in [6.45, 7) is 13.5. The van der Waals surface area contributed by atoms with E-state index in [9.17, 15) is 0 Å². The summed E-state index contributed by atoms with van der Waals surface area (Å²) in [5, 5.41) is 3.44. The quantitative estimate of drug-likeness (QED) is 0.496. The maximum absolute atomic E-state index is 5.73. The zero-order valence-electron chi connectivity index (χ0n) is 14.1. The van der Waals surface area contributed by atoms with Gasteiger partial charge in [-0.2, -0.15) is 0 Å². The van der Waals surface area contributed by atoms with E-state index >= 15 is 0 Å². The van der Waals surface area contributed by atoms with Crippen LogP contribution in [0.3, 0.4) is 0 Å². The predicted molar refractivity (Wildman–Crippen MR) is 92.5 cm³/mol. The van der Waals surface area contributed by atoms with Gasteiger partial charge in [-0.05, 0) is 37.6 Å². The standard InChI is InChI=1S/C17H28N2O2Si/c1-22(2,3)14-7-16-5-6-17(21-16)15-18-8-4-9-19-10-12-20-13-11-19/h5-6,18H,4,8-13,15H2,1-3H3. The molecule has 0 amide bonds. The number of morpholine rings is 1. The van der Waals surface area contributed by atoms with Gasteiger partial charge in [-0.25, -0.2) is 0 Å². The highest BCUT2D eigenvalue weighted by Gasteiger charge is 2.09. The van der Waals surface area contributed by atoms with Gasteiger partial charge in [0.2, 0.25) is 0 Å². The van der Waals surface area contributed by atoms with Crippen LogP contribution in [0.25, 0.3) is 0 Å². The highest BCUT2D eigenvalue weighted by atomic mass is 28.3. The largest absolute Gasteiger partial charge is 0.451 e. The van der Waals surface area contributed by atoms with Gasteiger partial charge >= 0.3 is 0 Å². The summed E-state index contributed by atoms with van der Waals surface area (Å²) in [6, 6.07) is 3.99. The average molecular weight is 321 g/mol. The van der Waals surface area contributed by atoms with Crippen molar-refractivity contribution in [1.82, 2.24) is 10.2 Å². The number of hydrogen-bond donors (Lipinski definition) is 1.